The van der Waals surface area contributed by atoms with Crippen LogP contribution in [0.5, 0.6) is 0 Å². The number of likely N-dealkylation sites (tertiary alicyclic amines) is 1. The van der Waals surface area contributed by atoms with E-state index in [1.54, 1.807) is 12.1 Å². The van der Waals surface area contributed by atoms with Crippen LogP contribution in [-0.2, 0) is 10.5 Å². The first kappa shape index (κ1) is 13.4. The molecular formula is C15H19FN2O2. The second-order valence-electron chi connectivity index (χ2n) is 5.52. The van der Waals surface area contributed by atoms with Crippen LogP contribution in [0.3, 0.4) is 0 Å². The summed E-state index contributed by atoms with van der Waals surface area (Å²) in [5.74, 6) is 0. The van der Waals surface area contributed by atoms with Gasteiger partial charge in [0.15, 0.2) is 11.9 Å². The van der Waals surface area contributed by atoms with E-state index >= 15 is 0 Å². The molecule has 0 aromatic heterocycles. The minimum Gasteiger partial charge on any atom is -0.372 e. The van der Waals surface area contributed by atoms with E-state index < -0.39 is 11.9 Å². The molecule has 5 heteroatoms. The van der Waals surface area contributed by atoms with Crippen molar-refractivity contribution < 1.29 is 14.3 Å². The topological polar surface area (TPSA) is 43.8 Å². The standard InChI is InChI=1S/C15H19FN2O2/c16-14-7-10-18(11-19)15(14,20)12-3-5-13(6-4-12)17-8-1-2-9-17/h3-6,11,14,20H,1-2,7-10H2. The third-order valence-electron chi connectivity index (χ3n) is 4.39. The van der Waals surface area contributed by atoms with Gasteiger partial charge in [0.1, 0.15) is 0 Å². The summed E-state index contributed by atoms with van der Waals surface area (Å²) >= 11 is 0. The fourth-order valence-electron chi connectivity index (χ4n) is 3.18. The molecule has 108 valence electrons. The summed E-state index contributed by atoms with van der Waals surface area (Å²) in [4.78, 5) is 14.4. The van der Waals surface area contributed by atoms with E-state index in [-0.39, 0.29) is 13.0 Å². The molecule has 2 fully saturated rings. The molecular weight excluding hydrogens is 259 g/mol. The maximum absolute atomic E-state index is 14.0. The predicted octanol–water partition coefficient (Wildman–Crippen LogP) is 1.63. The highest BCUT2D eigenvalue weighted by Gasteiger charge is 2.49. The van der Waals surface area contributed by atoms with Crippen molar-refractivity contribution in [3.8, 4) is 0 Å². The molecule has 1 N–H and O–H groups in total. The van der Waals surface area contributed by atoms with Crippen molar-refractivity contribution in [3.05, 3.63) is 29.8 Å². The molecule has 0 saturated carbocycles. The number of hydrogen-bond donors (Lipinski definition) is 1. The number of amides is 1. The van der Waals surface area contributed by atoms with Gasteiger partial charge < -0.3 is 14.9 Å². The molecule has 20 heavy (non-hydrogen) atoms. The lowest BCUT2D eigenvalue weighted by molar-refractivity contribution is -0.151. The Bertz CT molecular complexity index is 487. The molecule has 3 rings (SSSR count). The van der Waals surface area contributed by atoms with Gasteiger partial charge in [-0.05, 0) is 25.0 Å². The van der Waals surface area contributed by atoms with Crippen LogP contribution in [0.4, 0.5) is 10.1 Å². The Morgan fingerprint density at radius 2 is 1.85 bits per heavy atom. The summed E-state index contributed by atoms with van der Waals surface area (Å²) in [5.41, 5.74) is -0.288. The van der Waals surface area contributed by atoms with Gasteiger partial charge in [-0.3, -0.25) is 4.79 Å². The van der Waals surface area contributed by atoms with Gasteiger partial charge in [-0.15, -0.1) is 0 Å². The summed E-state index contributed by atoms with van der Waals surface area (Å²) in [6.45, 7) is 2.32. The van der Waals surface area contributed by atoms with Gasteiger partial charge in [0.05, 0.1) is 0 Å². The van der Waals surface area contributed by atoms with Gasteiger partial charge in [-0.2, -0.15) is 0 Å². The number of aliphatic hydroxyl groups is 1. The van der Waals surface area contributed by atoms with E-state index in [0.29, 0.717) is 12.0 Å². The number of hydrogen-bond acceptors (Lipinski definition) is 3. The number of anilines is 1. The van der Waals surface area contributed by atoms with Crippen LogP contribution in [0, 0.1) is 0 Å². The molecule has 2 unspecified atom stereocenters. The van der Waals surface area contributed by atoms with Crippen LogP contribution in [0.2, 0.25) is 0 Å². The van der Waals surface area contributed by atoms with Crippen molar-refractivity contribution in [3.63, 3.8) is 0 Å². The maximum atomic E-state index is 14.0. The van der Waals surface area contributed by atoms with Gasteiger partial charge in [0.2, 0.25) is 6.41 Å². The monoisotopic (exact) mass is 278 g/mol. The van der Waals surface area contributed by atoms with Crippen LogP contribution in [-0.4, -0.2) is 42.2 Å². The van der Waals surface area contributed by atoms with Crippen LogP contribution >= 0.6 is 0 Å². The largest absolute Gasteiger partial charge is 0.372 e. The Hall–Kier alpha value is -1.62. The quantitative estimate of drug-likeness (QED) is 0.855. The van der Waals surface area contributed by atoms with E-state index in [9.17, 15) is 14.3 Å². The minimum absolute atomic E-state index is 0.170. The predicted molar refractivity (Wildman–Crippen MR) is 74.1 cm³/mol. The molecule has 0 radical (unpaired) electrons. The van der Waals surface area contributed by atoms with Gasteiger partial charge in [-0.25, -0.2) is 4.39 Å². The number of halogens is 1. The molecule has 2 heterocycles. The lowest BCUT2D eigenvalue weighted by Gasteiger charge is -2.32. The number of alkyl halides is 1. The first-order valence-corrected chi connectivity index (χ1v) is 7.10. The van der Waals surface area contributed by atoms with Gasteiger partial charge >= 0.3 is 0 Å². The molecule has 2 aliphatic heterocycles. The lowest BCUT2D eigenvalue weighted by Crippen LogP contribution is -2.45. The smallest absolute Gasteiger partial charge is 0.212 e. The van der Waals surface area contributed by atoms with Gasteiger partial charge in [0.25, 0.3) is 0 Å². The number of carbonyl (C=O) groups is 1. The van der Waals surface area contributed by atoms with Gasteiger partial charge in [-0.1, -0.05) is 12.1 Å². The molecule has 2 aliphatic rings. The SMILES string of the molecule is O=CN1CCC(F)C1(O)c1ccc(N2CCCC2)cc1. The zero-order chi connectivity index (χ0) is 14.2. The summed E-state index contributed by atoms with van der Waals surface area (Å²) in [6.07, 6.45) is 1.64. The van der Waals surface area contributed by atoms with Crippen LogP contribution < -0.4 is 4.90 Å². The number of carbonyl (C=O) groups excluding carboxylic acids is 1. The van der Waals surface area contributed by atoms with E-state index in [4.69, 9.17) is 0 Å². The third-order valence-corrected chi connectivity index (χ3v) is 4.39. The zero-order valence-electron chi connectivity index (χ0n) is 11.3. The van der Waals surface area contributed by atoms with Crippen LogP contribution in [0.25, 0.3) is 0 Å². The molecule has 1 aromatic carbocycles. The average Bonchev–Trinajstić information content (AvgIpc) is 3.10. The van der Waals surface area contributed by atoms with Crippen molar-refractivity contribution in [2.75, 3.05) is 24.5 Å². The number of rotatable bonds is 3. The highest BCUT2D eigenvalue weighted by atomic mass is 19.1. The number of nitrogens with zero attached hydrogens (tertiary/aromatic N) is 2. The Kier molecular flexibility index (Phi) is 3.38. The van der Waals surface area contributed by atoms with E-state index in [1.165, 1.54) is 12.8 Å². The van der Waals surface area contributed by atoms with Gasteiger partial charge in [0, 0.05) is 37.3 Å². The zero-order valence-corrected chi connectivity index (χ0v) is 11.3. The average molecular weight is 278 g/mol. The molecule has 0 spiro atoms. The van der Waals surface area contributed by atoms with E-state index in [2.05, 4.69) is 4.90 Å². The van der Waals surface area contributed by atoms with Crippen LogP contribution in [0.15, 0.2) is 24.3 Å². The summed E-state index contributed by atoms with van der Waals surface area (Å²) < 4.78 is 14.0. The first-order valence-electron chi connectivity index (χ1n) is 7.10. The fraction of sp³-hybridized carbons (Fsp3) is 0.533. The van der Waals surface area contributed by atoms with Crippen molar-refractivity contribution in [1.29, 1.82) is 0 Å². The summed E-state index contributed by atoms with van der Waals surface area (Å²) in [5, 5.41) is 10.6. The second-order valence-corrected chi connectivity index (χ2v) is 5.52. The van der Waals surface area contributed by atoms with Crippen molar-refractivity contribution in [1.82, 2.24) is 4.90 Å². The summed E-state index contributed by atoms with van der Waals surface area (Å²) in [7, 11) is 0. The van der Waals surface area contributed by atoms with Crippen molar-refractivity contribution >= 4 is 12.1 Å². The molecule has 2 atom stereocenters. The maximum Gasteiger partial charge on any atom is 0.212 e. The highest BCUT2D eigenvalue weighted by Crippen LogP contribution is 2.38. The number of benzene rings is 1. The lowest BCUT2D eigenvalue weighted by atomic mass is 9.98. The summed E-state index contributed by atoms with van der Waals surface area (Å²) in [6, 6.07) is 7.24. The third kappa shape index (κ3) is 1.97. The second kappa shape index (κ2) is 5.05. The molecule has 2 saturated heterocycles. The Labute approximate surface area is 117 Å². The van der Waals surface area contributed by atoms with E-state index in [0.717, 1.165) is 23.7 Å². The molecule has 4 nitrogen and oxygen atoms in total. The Morgan fingerprint density at radius 1 is 1.20 bits per heavy atom. The normalized spacial score (nSPS) is 30.0. The molecule has 0 bridgehead atoms. The highest BCUT2D eigenvalue weighted by molar-refractivity contribution is 5.53. The Balaban J connectivity index is 1.88. The first-order chi connectivity index (χ1) is 9.66. The van der Waals surface area contributed by atoms with E-state index in [1.807, 2.05) is 12.1 Å². The van der Waals surface area contributed by atoms with Crippen molar-refractivity contribution in [2.24, 2.45) is 0 Å². The Morgan fingerprint density at radius 3 is 2.45 bits per heavy atom. The minimum atomic E-state index is -1.81. The molecule has 1 amide bonds. The van der Waals surface area contributed by atoms with Crippen LogP contribution in [0.1, 0.15) is 24.8 Å². The molecule has 0 aliphatic carbocycles. The van der Waals surface area contributed by atoms with Crippen molar-refractivity contribution in [2.45, 2.75) is 31.2 Å². The molecule has 1 aromatic rings. The fourth-order valence-corrected chi connectivity index (χ4v) is 3.18.